The van der Waals surface area contributed by atoms with Gasteiger partial charge in [-0.15, -0.1) is 0 Å². The highest BCUT2D eigenvalue weighted by Crippen LogP contribution is 2.27. The predicted octanol–water partition coefficient (Wildman–Crippen LogP) is 3.83. The Morgan fingerprint density at radius 3 is 2.55 bits per heavy atom. The van der Waals surface area contributed by atoms with Crippen molar-refractivity contribution in [1.29, 1.82) is 0 Å². The molecule has 6 heteroatoms. The molecule has 156 valence electrons. The molecule has 0 heterocycles. The van der Waals surface area contributed by atoms with Gasteiger partial charge >= 0.3 is 5.97 Å². The lowest BCUT2D eigenvalue weighted by Crippen LogP contribution is -2.25. The molecule has 0 aliphatic rings. The molecule has 0 saturated heterocycles. The molecule has 0 radical (unpaired) electrons. The summed E-state index contributed by atoms with van der Waals surface area (Å²) < 4.78 is 15.8. The van der Waals surface area contributed by atoms with E-state index in [1.165, 1.54) is 25.3 Å². The molecule has 1 atom stereocenters. The van der Waals surface area contributed by atoms with Crippen LogP contribution in [0.1, 0.15) is 36.5 Å². The Morgan fingerprint density at radius 2 is 1.86 bits per heavy atom. The van der Waals surface area contributed by atoms with Gasteiger partial charge in [-0.1, -0.05) is 32.0 Å². The zero-order chi connectivity index (χ0) is 21.4. The van der Waals surface area contributed by atoms with Crippen LogP contribution in [0.25, 0.3) is 6.08 Å². The van der Waals surface area contributed by atoms with Crippen molar-refractivity contribution in [3.63, 3.8) is 0 Å². The molecule has 29 heavy (non-hydrogen) atoms. The molecule has 0 aliphatic heterocycles. The lowest BCUT2D eigenvalue weighted by molar-refractivity contribution is -0.141. The van der Waals surface area contributed by atoms with Crippen LogP contribution in [0.5, 0.6) is 17.2 Å². The van der Waals surface area contributed by atoms with E-state index in [4.69, 9.17) is 14.2 Å². The number of ether oxygens (including phenoxy) is 3. The molecule has 2 aromatic carbocycles. The minimum absolute atomic E-state index is 0.0181. The second-order valence-corrected chi connectivity index (χ2v) is 7.04. The largest absolute Gasteiger partial charge is 0.504 e. The zero-order valence-electron chi connectivity index (χ0n) is 17.2. The number of aliphatic hydroxyl groups is 1. The maximum Gasteiger partial charge on any atom is 0.330 e. The summed E-state index contributed by atoms with van der Waals surface area (Å²) in [6.45, 7) is 5.99. The smallest absolute Gasteiger partial charge is 0.330 e. The van der Waals surface area contributed by atoms with Gasteiger partial charge in [0.2, 0.25) is 0 Å². The second kappa shape index (κ2) is 10.5. The first-order chi connectivity index (χ1) is 13.8. The molecule has 2 N–H and O–H groups in total. The van der Waals surface area contributed by atoms with Crippen molar-refractivity contribution in [2.75, 3.05) is 20.3 Å². The van der Waals surface area contributed by atoms with Crippen molar-refractivity contribution < 1.29 is 29.2 Å². The molecule has 2 aromatic rings. The van der Waals surface area contributed by atoms with Gasteiger partial charge in [0.25, 0.3) is 0 Å². The fourth-order valence-electron chi connectivity index (χ4n) is 2.55. The highest BCUT2D eigenvalue weighted by Gasteiger charge is 2.11. The number of phenols is 1. The van der Waals surface area contributed by atoms with Gasteiger partial charge in [0.1, 0.15) is 25.1 Å². The highest BCUT2D eigenvalue weighted by atomic mass is 16.5. The lowest BCUT2D eigenvalue weighted by atomic mass is 10.0. The number of phenolic OH excluding ortho intramolecular Hbond substituents is 1. The molecule has 0 bridgehead atoms. The van der Waals surface area contributed by atoms with Gasteiger partial charge in [0.15, 0.2) is 11.5 Å². The maximum atomic E-state index is 11.8. The zero-order valence-corrected chi connectivity index (χ0v) is 17.2. The Hall–Kier alpha value is -2.99. The fraction of sp³-hybridized carbons (Fsp3) is 0.348. The Labute approximate surface area is 171 Å². The van der Waals surface area contributed by atoms with Gasteiger partial charge in [-0.3, -0.25) is 0 Å². The number of methoxy groups -OCH3 is 1. The molecular weight excluding hydrogens is 372 g/mol. The number of aryl methyl sites for hydroxylation is 1. The molecule has 0 amide bonds. The summed E-state index contributed by atoms with van der Waals surface area (Å²) in [5, 5.41) is 19.6. The van der Waals surface area contributed by atoms with Crippen molar-refractivity contribution in [2.24, 2.45) is 0 Å². The number of carbonyl (C=O) groups is 1. The standard InChI is InChI=1S/C23H28O6/c1-15(2)18-8-5-16(3)21(12-18)28-13-19(24)14-29-23(26)10-7-17-6-9-20(25)22(11-17)27-4/h5-12,15,19,24-25H,13-14H2,1-4H3/b10-7+. The van der Waals surface area contributed by atoms with Crippen molar-refractivity contribution in [3.05, 3.63) is 59.2 Å². The van der Waals surface area contributed by atoms with Crippen molar-refractivity contribution in [2.45, 2.75) is 32.8 Å². The fourth-order valence-corrected chi connectivity index (χ4v) is 2.55. The molecule has 6 nitrogen and oxygen atoms in total. The summed E-state index contributed by atoms with van der Waals surface area (Å²) in [6, 6.07) is 10.7. The SMILES string of the molecule is COc1cc(/C=C/C(=O)OCC(O)COc2cc(C(C)C)ccc2C)ccc1O. The molecular formula is C23H28O6. The van der Waals surface area contributed by atoms with Gasteiger partial charge in [-0.2, -0.15) is 0 Å². The highest BCUT2D eigenvalue weighted by molar-refractivity contribution is 5.87. The van der Waals surface area contributed by atoms with E-state index >= 15 is 0 Å². The van der Waals surface area contributed by atoms with Crippen LogP contribution < -0.4 is 9.47 Å². The van der Waals surface area contributed by atoms with E-state index < -0.39 is 12.1 Å². The van der Waals surface area contributed by atoms with E-state index in [9.17, 15) is 15.0 Å². The maximum absolute atomic E-state index is 11.8. The summed E-state index contributed by atoms with van der Waals surface area (Å²) >= 11 is 0. The Kier molecular flexibility index (Phi) is 8.09. The van der Waals surface area contributed by atoms with Gasteiger partial charge in [-0.05, 0) is 53.8 Å². The number of aromatic hydroxyl groups is 1. The molecule has 1 unspecified atom stereocenters. The van der Waals surface area contributed by atoms with Gasteiger partial charge in [0.05, 0.1) is 7.11 Å². The van der Waals surface area contributed by atoms with Crippen LogP contribution >= 0.6 is 0 Å². The first kappa shape index (κ1) is 22.3. The number of hydrogen-bond acceptors (Lipinski definition) is 6. The van der Waals surface area contributed by atoms with Crippen molar-refractivity contribution >= 4 is 12.0 Å². The first-order valence-corrected chi connectivity index (χ1v) is 9.43. The summed E-state index contributed by atoms with van der Waals surface area (Å²) in [4.78, 5) is 11.8. The normalized spacial score (nSPS) is 12.2. The molecule has 0 saturated carbocycles. The van der Waals surface area contributed by atoms with Gasteiger partial charge in [-0.25, -0.2) is 4.79 Å². The minimum atomic E-state index is -0.941. The van der Waals surface area contributed by atoms with Crippen LogP contribution in [-0.4, -0.2) is 42.6 Å². The molecule has 0 aromatic heterocycles. The van der Waals surface area contributed by atoms with Crippen LogP contribution in [0, 0.1) is 6.92 Å². The lowest BCUT2D eigenvalue weighted by Gasteiger charge is -2.15. The number of benzene rings is 2. The van der Waals surface area contributed by atoms with Crippen molar-refractivity contribution in [1.82, 2.24) is 0 Å². The Morgan fingerprint density at radius 1 is 1.10 bits per heavy atom. The molecule has 0 spiro atoms. The van der Waals surface area contributed by atoms with Crippen LogP contribution in [0.4, 0.5) is 0 Å². The summed E-state index contributed by atoms with van der Waals surface area (Å²) in [6.07, 6.45) is 1.84. The monoisotopic (exact) mass is 400 g/mol. The third kappa shape index (κ3) is 6.84. The van der Waals surface area contributed by atoms with Crippen LogP contribution in [0.3, 0.4) is 0 Å². The Bertz CT molecular complexity index is 856. The first-order valence-electron chi connectivity index (χ1n) is 9.43. The van der Waals surface area contributed by atoms with Crippen LogP contribution in [0.2, 0.25) is 0 Å². The number of hydrogen-bond donors (Lipinski definition) is 2. The van der Waals surface area contributed by atoms with Gasteiger partial charge in [0, 0.05) is 6.08 Å². The Balaban J connectivity index is 1.82. The summed E-state index contributed by atoms with van der Waals surface area (Å²) in [5.74, 6) is 0.829. The minimum Gasteiger partial charge on any atom is -0.504 e. The topological polar surface area (TPSA) is 85.2 Å². The van der Waals surface area contributed by atoms with E-state index in [1.807, 2.05) is 19.1 Å². The molecule has 0 fully saturated rings. The number of esters is 1. The van der Waals surface area contributed by atoms with Crippen molar-refractivity contribution in [3.8, 4) is 17.2 Å². The quantitative estimate of drug-likeness (QED) is 0.492. The predicted molar refractivity (Wildman–Crippen MR) is 111 cm³/mol. The third-order valence-electron chi connectivity index (χ3n) is 4.34. The van der Waals surface area contributed by atoms with E-state index in [-0.39, 0.29) is 19.0 Å². The average Bonchev–Trinajstić information content (AvgIpc) is 2.70. The average molecular weight is 400 g/mol. The summed E-state index contributed by atoms with van der Waals surface area (Å²) in [5.41, 5.74) is 2.80. The van der Waals surface area contributed by atoms with E-state index in [1.54, 1.807) is 12.1 Å². The van der Waals surface area contributed by atoms with Crippen LogP contribution in [0.15, 0.2) is 42.5 Å². The third-order valence-corrected chi connectivity index (χ3v) is 4.34. The van der Waals surface area contributed by atoms with E-state index in [0.717, 1.165) is 11.1 Å². The molecule has 0 aliphatic carbocycles. The number of aliphatic hydroxyl groups excluding tert-OH is 1. The van der Waals surface area contributed by atoms with Gasteiger partial charge < -0.3 is 24.4 Å². The number of carbonyl (C=O) groups excluding carboxylic acids is 1. The van der Waals surface area contributed by atoms with E-state index in [2.05, 4.69) is 19.9 Å². The summed E-state index contributed by atoms with van der Waals surface area (Å²) in [7, 11) is 1.45. The second-order valence-electron chi connectivity index (χ2n) is 7.04. The molecule has 2 rings (SSSR count). The van der Waals surface area contributed by atoms with E-state index in [0.29, 0.717) is 23.0 Å². The van der Waals surface area contributed by atoms with Crippen LogP contribution in [-0.2, 0) is 9.53 Å². The number of rotatable bonds is 9.